The van der Waals surface area contributed by atoms with E-state index in [-0.39, 0.29) is 54.9 Å². The summed E-state index contributed by atoms with van der Waals surface area (Å²) in [7, 11) is 3.01. The van der Waals surface area contributed by atoms with Gasteiger partial charge in [0.25, 0.3) is 11.5 Å². The average molecular weight is 703 g/mol. The highest BCUT2D eigenvalue weighted by Gasteiger charge is 2.26. The number of ether oxygens (including phenoxy) is 4. The molecule has 0 saturated carbocycles. The number of aromatic nitrogens is 3. The van der Waals surface area contributed by atoms with E-state index in [9.17, 15) is 14.4 Å². The SMILES string of the molecule is COc1cc2nccc(Oc3ccc(NC(=O)c4c(C)n(-c5ccccc5)n(C[C@@H](C)OC(=O)CN)c4=O)cc3F)c2cc1OC.Cl.Cl. The molecule has 5 rings (SSSR count). The first-order chi connectivity index (χ1) is 22.1. The summed E-state index contributed by atoms with van der Waals surface area (Å²) in [5.41, 5.74) is 6.18. The van der Waals surface area contributed by atoms with E-state index in [0.29, 0.717) is 39.5 Å². The number of nitrogens with one attached hydrogen (secondary N) is 1. The number of carbonyl (C=O) groups is 2. The van der Waals surface area contributed by atoms with Gasteiger partial charge >= 0.3 is 5.97 Å². The first kappa shape index (κ1) is 37.3. The third kappa shape index (κ3) is 7.71. The number of halogens is 3. The number of rotatable bonds is 11. The Morgan fingerprint density at radius 3 is 2.29 bits per heavy atom. The van der Waals surface area contributed by atoms with Crippen molar-refractivity contribution in [2.75, 3.05) is 26.1 Å². The van der Waals surface area contributed by atoms with Crippen molar-refractivity contribution >= 4 is 53.3 Å². The maximum atomic E-state index is 15.3. The van der Waals surface area contributed by atoms with Crippen molar-refractivity contribution in [1.29, 1.82) is 0 Å². The van der Waals surface area contributed by atoms with Crippen LogP contribution in [0.1, 0.15) is 23.0 Å². The quantitative estimate of drug-likeness (QED) is 0.172. The Morgan fingerprint density at radius 2 is 1.65 bits per heavy atom. The highest BCUT2D eigenvalue weighted by molar-refractivity contribution is 6.05. The van der Waals surface area contributed by atoms with E-state index in [2.05, 4.69) is 10.3 Å². The molecule has 0 aliphatic carbocycles. The maximum absolute atomic E-state index is 15.3. The van der Waals surface area contributed by atoms with Crippen LogP contribution in [0.3, 0.4) is 0 Å². The zero-order valence-corrected chi connectivity index (χ0v) is 28.0. The van der Waals surface area contributed by atoms with Gasteiger partial charge in [-0.15, -0.1) is 24.8 Å². The molecule has 0 unspecified atom stereocenters. The van der Waals surface area contributed by atoms with Crippen LogP contribution in [0.4, 0.5) is 10.1 Å². The number of carbonyl (C=O) groups excluding carboxylic acids is 2. The smallest absolute Gasteiger partial charge is 0.320 e. The number of amides is 1. The molecule has 2 aromatic heterocycles. The molecule has 48 heavy (non-hydrogen) atoms. The van der Waals surface area contributed by atoms with Gasteiger partial charge in [0.2, 0.25) is 0 Å². The first-order valence-corrected chi connectivity index (χ1v) is 14.2. The van der Waals surface area contributed by atoms with Crippen LogP contribution < -0.4 is 30.8 Å². The van der Waals surface area contributed by atoms with E-state index in [1.165, 1.54) is 37.2 Å². The number of benzene rings is 3. The molecule has 12 nitrogen and oxygen atoms in total. The molecule has 0 saturated heterocycles. The van der Waals surface area contributed by atoms with Crippen LogP contribution in [0, 0.1) is 12.7 Å². The van der Waals surface area contributed by atoms with Crippen LogP contribution >= 0.6 is 24.8 Å². The summed E-state index contributed by atoms with van der Waals surface area (Å²) in [5, 5.41) is 3.18. The number of nitrogens with zero attached hydrogens (tertiary/aromatic N) is 3. The van der Waals surface area contributed by atoms with Gasteiger partial charge in [0.15, 0.2) is 23.1 Å². The van der Waals surface area contributed by atoms with Crippen molar-refractivity contribution in [1.82, 2.24) is 14.3 Å². The van der Waals surface area contributed by atoms with Gasteiger partial charge in [0, 0.05) is 29.4 Å². The lowest BCUT2D eigenvalue weighted by Gasteiger charge is -2.17. The molecule has 3 N–H and O–H groups in total. The van der Waals surface area contributed by atoms with E-state index in [1.54, 1.807) is 61.0 Å². The third-order valence-electron chi connectivity index (χ3n) is 7.14. The minimum Gasteiger partial charge on any atom is -0.493 e. The lowest BCUT2D eigenvalue weighted by atomic mass is 10.1. The van der Waals surface area contributed by atoms with Crippen LogP contribution in [0.15, 0.2) is 77.7 Å². The van der Waals surface area contributed by atoms with E-state index < -0.39 is 29.4 Å². The number of para-hydroxylation sites is 1. The van der Waals surface area contributed by atoms with Gasteiger partial charge in [-0.25, -0.2) is 9.07 Å². The number of hydrogen-bond donors (Lipinski definition) is 2. The molecule has 0 radical (unpaired) electrons. The Morgan fingerprint density at radius 1 is 0.958 bits per heavy atom. The molecule has 0 aliphatic rings. The second kappa shape index (κ2) is 16.1. The number of fused-ring (bicyclic) bond motifs is 1. The lowest BCUT2D eigenvalue weighted by molar-refractivity contribution is -0.147. The van der Waals surface area contributed by atoms with Gasteiger partial charge < -0.3 is 30.0 Å². The van der Waals surface area contributed by atoms with Crippen molar-refractivity contribution in [2.24, 2.45) is 5.73 Å². The molecule has 3 aromatic carbocycles. The van der Waals surface area contributed by atoms with Gasteiger partial charge in [-0.1, -0.05) is 18.2 Å². The number of nitrogens with two attached hydrogens (primary N) is 1. The van der Waals surface area contributed by atoms with Crippen LogP contribution in [0.2, 0.25) is 0 Å². The number of esters is 1. The summed E-state index contributed by atoms with van der Waals surface area (Å²) in [6, 6.07) is 17.8. The number of anilines is 1. The zero-order valence-electron chi connectivity index (χ0n) is 26.4. The molecular weight excluding hydrogens is 668 g/mol. The second-order valence-electron chi connectivity index (χ2n) is 10.2. The Labute approximate surface area is 287 Å². The van der Waals surface area contributed by atoms with Crippen molar-refractivity contribution in [2.45, 2.75) is 26.5 Å². The zero-order chi connectivity index (χ0) is 33.0. The predicted molar refractivity (Wildman–Crippen MR) is 183 cm³/mol. The predicted octanol–water partition coefficient (Wildman–Crippen LogP) is 5.43. The van der Waals surface area contributed by atoms with Gasteiger partial charge in [-0.2, -0.15) is 0 Å². The van der Waals surface area contributed by atoms with Gasteiger partial charge in [-0.3, -0.25) is 24.0 Å². The molecule has 1 atom stereocenters. The molecule has 15 heteroatoms. The minimum absolute atomic E-state index is 0. The summed E-state index contributed by atoms with van der Waals surface area (Å²) in [5.74, 6) is -0.966. The second-order valence-corrected chi connectivity index (χ2v) is 10.2. The van der Waals surface area contributed by atoms with Crippen LogP contribution in [-0.2, 0) is 16.1 Å². The molecule has 0 aliphatic heterocycles. The van der Waals surface area contributed by atoms with Crippen molar-refractivity contribution in [3.05, 3.63) is 100 Å². The summed E-state index contributed by atoms with van der Waals surface area (Å²) >= 11 is 0. The monoisotopic (exact) mass is 701 g/mol. The van der Waals surface area contributed by atoms with Crippen molar-refractivity contribution in [3.8, 4) is 28.7 Å². The highest BCUT2D eigenvalue weighted by atomic mass is 35.5. The maximum Gasteiger partial charge on any atom is 0.320 e. The average Bonchev–Trinajstić information content (AvgIpc) is 3.29. The Balaban J connectivity index is 0.00000312. The van der Waals surface area contributed by atoms with E-state index in [4.69, 9.17) is 24.7 Å². The fraction of sp³-hybridized carbons (Fsp3) is 0.212. The lowest BCUT2D eigenvalue weighted by Crippen LogP contribution is -2.33. The summed E-state index contributed by atoms with van der Waals surface area (Å²) in [6.45, 7) is 2.88. The third-order valence-corrected chi connectivity index (χ3v) is 7.14. The fourth-order valence-electron chi connectivity index (χ4n) is 5.05. The first-order valence-electron chi connectivity index (χ1n) is 14.2. The summed E-state index contributed by atoms with van der Waals surface area (Å²) < 4.78 is 40.1. The van der Waals surface area contributed by atoms with Crippen molar-refractivity contribution < 1.29 is 32.9 Å². The summed E-state index contributed by atoms with van der Waals surface area (Å²) in [6.07, 6.45) is 0.805. The van der Waals surface area contributed by atoms with E-state index >= 15 is 4.39 Å². The largest absolute Gasteiger partial charge is 0.493 e. The molecule has 0 fully saturated rings. The topological polar surface area (TPSA) is 149 Å². The molecule has 5 aromatic rings. The highest BCUT2D eigenvalue weighted by Crippen LogP contribution is 2.37. The fourth-order valence-corrected chi connectivity index (χ4v) is 5.05. The molecule has 2 heterocycles. The van der Waals surface area contributed by atoms with Crippen LogP contribution in [-0.4, -0.2) is 53.1 Å². The van der Waals surface area contributed by atoms with Gasteiger partial charge in [0.1, 0.15) is 17.4 Å². The normalized spacial score (nSPS) is 11.1. The van der Waals surface area contributed by atoms with E-state index in [0.717, 1.165) is 6.07 Å². The molecule has 1 amide bonds. The molecular formula is C33H34Cl2FN5O7. The van der Waals surface area contributed by atoms with Gasteiger partial charge in [0.05, 0.1) is 44.2 Å². The minimum atomic E-state index is -0.755. The Hall–Kier alpha value is -5.11. The number of methoxy groups -OCH3 is 2. The van der Waals surface area contributed by atoms with E-state index in [1.807, 2.05) is 6.07 Å². The Kier molecular flexibility index (Phi) is 12.6. The molecule has 254 valence electrons. The van der Waals surface area contributed by atoms with Crippen LogP contribution in [0.5, 0.6) is 23.0 Å². The van der Waals surface area contributed by atoms with Crippen LogP contribution in [0.25, 0.3) is 16.6 Å². The van der Waals surface area contributed by atoms with Crippen molar-refractivity contribution in [3.63, 3.8) is 0 Å². The van der Waals surface area contributed by atoms with Gasteiger partial charge in [-0.05, 0) is 50.2 Å². The molecule has 0 bridgehead atoms. The molecule has 0 spiro atoms. The number of pyridine rings is 1. The summed E-state index contributed by atoms with van der Waals surface area (Å²) in [4.78, 5) is 43.2. The Bertz CT molecular complexity index is 1990. The standard InChI is InChI=1S/C33H32FN5O7.2ClH/c1-19(45-30(40)17-35)18-38-33(42)31(20(2)39(38)22-8-6-5-7-9-22)32(41)37-21-10-11-27(24(34)14-21)46-26-12-13-36-25-16-29(44-4)28(43-3)15-23(25)26;;/h5-16,19H,17-18,35H2,1-4H3,(H,37,41);2*1H/t19-;;/m1../s1. The number of hydrogen-bond acceptors (Lipinski definition) is 9.